The van der Waals surface area contributed by atoms with Crippen LogP contribution in [0.15, 0.2) is 36.4 Å². The van der Waals surface area contributed by atoms with Crippen molar-refractivity contribution in [1.82, 2.24) is 0 Å². The van der Waals surface area contributed by atoms with Crippen molar-refractivity contribution in [3.63, 3.8) is 0 Å². The fourth-order valence-corrected chi connectivity index (χ4v) is 2.45. The lowest BCUT2D eigenvalue weighted by atomic mass is 10.1. The first-order chi connectivity index (χ1) is 10.9. The molecule has 0 fully saturated rings. The molecule has 0 aliphatic heterocycles. The molecule has 2 aromatic rings. The lowest BCUT2D eigenvalue weighted by molar-refractivity contribution is -0.122. The molecular weight excluding hydrogens is 286 g/mol. The highest BCUT2D eigenvalue weighted by atomic mass is 16.5. The van der Waals surface area contributed by atoms with Crippen molar-refractivity contribution in [2.45, 2.75) is 47.1 Å². The molecule has 1 amide bonds. The SMILES string of the molecule is CC[C@H](Oc1ccc(C)cc1C)C(=O)Nc1ccc(C)c(C)c1. The Hall–Kier alpha value is -2.29. The Morgan fingerprint density at radius 1 is 1.00 bits per heavy atom. The number of amides is 1. The van der Waals surface area contributed by atoms with E-state index >= 15 is 0 Å². The monoisotopic (exact) mass is 311 g/mol. The fraction of sp³-hybridized carbons (Fsp3) is 0.350. The van der Waals surface area contributed by atoms with Crippen molar-refractivity contribution in [1.29, 1.82) is 0 Å². The molecule has 0 saturated carbocycles. The molecule has 2 aromatic carbocycles. The van der Waals surface area contributed by atoms with E-state index in [1.807, 2.05) is 58.0 Å². The van der Waals surface area contributed by atoms with Gasteiger partial charge in [0.25, 0.3) is 5.91 Å². The fourth-order valence-electron chi connectivity index (χ4n) is 2.45. The molecule has 0 aromatic heterocycles. The largest absolute Gasteiger partial charge is 0.480 e. The third kappa shape index (κ3) is 4.35. The van der Waals surface area contributed by atoms with E-state index in [0.717, 1.165) is 22.6 Å². The van der Waals surface area contributed by atoms with Crippen LogP contribution in [-0.4, -0.2) is 12.0 Å². The van der Waals surface area contributed by atoms with Crippen LogP contribution in [0.1, 0.15) is 35.6 Å². The van der Waals surface area contributed by atoms with E-state index in [1.165, 1.54) is 11.1 Å². The molecule has 3 heteroatoms. The van der Waals surface area contributed by atoms with Gasteiger partial charge in [-0.1, -0.05) is 30.7 Å². The van der Waals surface area contributed by atoms with E-state index < -0.39 is 6.10 Å². The van der Waals surface area contributed by atoms with Crippen molar-refractivity contribution in [3.05, 3.63) is 58.7 Å². The normalized spacial score (nSPS) is 11.9. The van der Waals surface area contributed by atoms with E-state index in [4.69, 9.17) is 4.74 Å². The summed E-state index contributed by atoms with van der Waals surface area (Å²) in [5, 5.41) is 2.95. The summed E-state index contributed by atoms with van der Waals surface area (Å²) in [7, 11) is 0. The van der Waals surface area contributed by atoms with Gasteiger partial charge in [-0.25, -0.2) is 0 Å². The van der Waals surface area contributed by atoms with Crippen molar-refractivity contribution < 1.29 is 9.53 Å². The quantitative estimate of drug-likeness (QED) is 0.868. The highest BCUT2D eigenvalue weighted by Gasteiger charge is 2.19. The topological polar surface area (TPSA) is 38.3 Å². The third-order valence-corrected chi connectivity index (χ3v) is 4.04. The summed E-state index contributed by atoms with van der Waals surface area (Å²) in [5.41, 5.74) is 5.40. The Labute approximate surface area is 138 Å². The smallest absolute Gasteiger partial charge is 0.265 e. The van der Waals surface area contributed by atoms with Crippen molar-refractivity contribution in [3.8, 4) is 5.75 Å². The number of aryl methyl sites for hydroxylation is 4. The average molecular weight is 311 g/mol. The molecule has 0 bridgehead atoms. The molecule has 0 aliphatic carbocycles. The number of hydrogen-bond acceptors (Lipinski definition) is 2. The van der Waals surface area contributed by atoms with Gasteiger partial charge in [-0.15, -0.1) is 0 Å². The molecule has 0 radical (unpaired) electrons. The van der Waals surface area contributed by atoms with Crippen LogP contribution in [0.2, 0.25) is 0 Å². The molecule has 0 saturated heterocycles. The zero-order chi connectivity index (χ0) is 17.0. The summed E-state index contributed by atoms with van der Waals surface area (Å²) in [4.78, 5) is 12.5. The van der Waals surface area contributed by atoms with Gasteiger partial charge in [0.15, 0.2) is 6.10 Å². The molecule has 3 nitrogen and oxygen atoms in total. The summed E-state index contributed by atoms with van der Waals surface area (Å²) in [6, 6.07) is 11.9. The number of benzene rings is 2. The van der Waals surface area contributed by atoms with Crippen LogP contribution < -0.4 is 10.1 Å². The van der Waals surface area contributed by atoms with Crippen LogP contribution in [-0.2, 0) is 4.79 Å². The lowest BCUT2D eigenvalue weighted by Gasteiger charge is -2.19. The minimum absolute atomic E-state index is 0.115. The van der Waals surface area contributed by atoms with E-state index in [9.17, 15) is 4.79 Å². The minimum Gasteiger partial charge on any atom is -0.480 e. The van der Waals surface area contributed by atoms with E-state index in [1.54, 1.807) is 0 Å². The van der Waals surface area contributed by atoms with Crippen molar-refractivity contribution in [2.75, 3.05) is 5.32 Å². The van der Waals surface area contributed by atoms with Crippen LogP contribution in [0.3, 0.4) is 0 Å². The summed E-state index contributed by atoms with van der Waals surface area (Å²) in [5.74, 6) is 0.647. The maximum absolute atomic E-state index is 12.5. The summed E-state index contributed by atoms with van der Waals surface area (Å²) in [6.07, 6.45) is 0.113. The second-order valence-corrected chi connectivity index (χ2v) is 6.07. The maximum atomic E-state index is 12.5. The number of carbonyl (C=O) groups is 1. The van der Waals surface area contributed by atoms with Crippen LogP contribution in [0.5, 0.6) is 5.75 Å². The molecule has 0 aliphatic rings. The Balaban J connectivity index is 2.10. The second-order valence-electron chi connectivity index (χ2n) is 6.07. The average Bonchev–Trinajstić information content (AvgIpc) is 2.50. The Morgan fingerprint density at radius 3 is 2.35 bits per heavy atom. The number of hydrogen-bond donors (Lipinski definition) is 1. The first-order valence-electron chi connectivity index (χ1n) is 8.02. The summed E-state index contributed by atoms with van der Waals surface area (Å²) >= 11 is 0. The first kappa shape index (κ1) is 17.1. The van der Waals surface area contributed by atoms with Crippen molar-refractivity contribution in [2.24, 2.45) is 0 Å². The second kappa shape index (κ2) is 7.32. The van der Waals surface area contributed by atoms with Crippen LogP contribution in [0.4, 0.5) is 5.69 Å². The molecule has 23 heavy (non-hydrogen) atoms. The van der Waals surface area contributed by atoms with Crippen LogP contribution in [0.25, 0.3) is 0 Å². The molecule has 0 unspecified atom stereocenters. The maximum Gasteiger partial charge on any atom is 0.265 e. The Bertz CT molecular complexity index is 707. The summed E-state index contributed by atoms with van der Waals surface area (Å²) in [6.45, 7) is 10.1. The van der Waals surface area contributed by atoms with Crippen molar-refractivity contribution >= 4 is 11.6 Å². The first-order valence-corrected chi connectivity index (χ1v) is 8.02. The highest BCUT2D eigenvalue weighted by molar-refractivity contribution is 5.94. The van der Waals surface area contributed by atoms with Gasteiger partial charge in [0, 0.05) is 5.69 Å². The van der Waals surface area contributed by atoms with Gasteiger partial charge in [0.05, 0.1) is 0 Å². The molecular formula is C20H25NO2. The van der Waals surface area contributed by atoms with E-state index in [2.05, 4.69) is 18.3 Å². The van der Waals surface area contributed by atoms with Crippen LogP contribution in [0, 0.1) is 27.7 Å². The molecule has 1 N–H and O–H groups in total. The Kier molecular flexibility index (Phi) is 5.43. The predicted octanol–water partition coefficient (Wildman–Crippen LogP) is 4.72. The van der Waals surface area contributed by atoms with Gasteiger partial charge in [-0.3, -0.25) is 4.79 Å². The number of anilines is 1. The number of nitrogens with one attached hydrogen (secondary N) is 1. The van der Waals surface area contributed by atoms with Gasteiger partial charge in [-0.2, -0.15) is 0 Å². The molecule has 1 atom stereocenters. The van der Waals surface area contributed by atoms with Gasteiger partial charge in [0.2, 0.25) is 0 Å². The third-order valence-electron chi connectivity index (χ3n) is 4.04. The van der Waals surface area contributed by atoms with Gasteiger partial charge in [0.1, 0.15) is 5.75 Å². The predicted molar refractivity (Wildman–Crippen MR) is 95.2 cm³/mol. The molecule has 0 spiro atoms. The standard InChI is InChI=1S/C20H25NO2/c1-6-18(23-19-10-7-13(2)11-16(19)5)20(22)21-17-9-8-14(3)15(4)12-17/h7-12,18H,6H2,1-5H3,(H,21,22)/t18-/m0/s1. The van der Waals surface area contributed by atoms with Crippen LogP contribution >= 0.6 is 0 Å². The number of carbonyl (C=O) groups excluding carboxylic acids is 1. The highest BCUT2D eigenvalue weighted by Crippen LogP contribution is 2.22. The van der Waals surface area contributed by atoms with E-state index in [0.29, 0.717) is 6.42 Å². The van der Waals surface area contributed by atoms with Gasteiger partial charge in [-0.05, 0) is 69.0 Å². The molecule has 0 heterocycles. The molecule has 2 rings (SSSR count). The van der Waals surface area contributed by atoms with Gasteiger partial charge >= 0.3 is 0 Å². The number of ether oxygens (including phenoxy) is 1. The zero-order valence-electron chi connectivity index (χ0n) is 14.6. The number of rotatable bonds is 5. The lowest BCUT2D eigenvalue weighted by Crippen LogP contribution is -2.32. The summed E-state index contributed by atoms with van der Waals surface area (Å²) < 4.78 is 5.93. The van der Waals surface area contributed by atoms with Gasteiger partial charge < -0.3 is 10.1 Å². The molecule has 122 valence electrons. The zero-order valence-corrected chi connectivity index (χ0v) is 14.6. The minimum atomic E-state index is -0.502. The Morgan fingerprint density at radius 2 is 1.74 bits per heavy atom. The van der Waals surface area contributed by atoms with E-state index in [-0.39, 0.29) is 5.91 Å².